The highest BCUT2D eigenvalue weighted by Crippen LogP contribution is 2.27. The molecule has 0 aliphatic carbocycles. The van der Waals surface area contributed by atoms with Crippen LogP contribution in [0.25, 0.3) is 10.9 Å². The molecule has 8 nitrogen and oxygen atoms in total. The van der Waals surface area contributed by atoms with Crippen LogP contribution in [0, 0.1) is 0 Å². The highest BCUT2D eigenvalue weighted by atomic mass is 19.3. The van der Waals surface area contributed by atoms with Gasteiger partial charge in [0, 0.05) is 22.2 Å². The van der Waals surface area contributed by atoms with Crippen LogP contribution in [0.5, 0.6) is 11.5 Å². The fourth-order valence-electron chi connectivity index (χ4n) is 3.23. The Bertz CT molecular complexity index is 1320. The Morgan fingerprint density at radius 3 is 2.53 bits per heavy atom. The Labute approximate surface area is 192 Å². The van der Waals surface area contributed by atoms with Gasteiger partial charge in [-0.25, -0.2) is 4.79 Å². The largest absolute Gasteiger partial charge is 0.489 e. The smallest absolute Gasteiger partial charge is 0.387 e. The summed E-state index contributed by atoms with van der Waals surface area (Å²) in [7, 11) is 0. The van der Waals surface area contributed by atoms with Crippen LogP contribution < -0.4 is 20.1 Å². The average Bonchev–Trinajstić information content (AvgIpc) is 3.20. The van der Waals surface area contributed by atoms with Crippen molar-refractivity contribution in [2.75, 3.05) is 10.6 Å². The first kappa shape index (κ1) is 22.7. The van der Waals surface area contributed by atoms with E-state index < -0.39 is 12.6 Å². The number of halogens is 2. The second kappa shape index (κ2) is 9.99. The first-order valence-electron chi connectivity index (χ1n) is 10.2. The molecule has 3 aromatic carbocycles. The van der Waals surface area contributed by atoms with Gasteiger partial charge in [0.05, 0.1) is 5.52 Å². The van der Waals surface area contributed by atoms with E-state index in [4.69, 9.17) is 4.74 Å². The zero-order chi connectivity index (χ0) is 24.1. The predicted molar refractivity (Wildman–Crippen MR) is 123 cm³/mol. The number of anilines is 2. The van der Waals surface area contributed by atoms with Crippen molar-refractivity contribution >= 4 is 34.2 Å². The van der Waals surface area contributed by atoms with Gasteiger partial charge < -0.3 is 14.8 Å². The minimum absolute atomic E-state index is 0.00571. The zero-order valence-electron chi connectivity index (χ0n) is 18.0. The summed E-state index contributed by atoms with van der Waals surface area (Å²) in [6, 6.07) is 17.4. The Morgan fingerprint density at radius 1 is 1.03 bits per heavy atom. The van der Waals surface area contributed by atoms with E-state index in [0.717, 1.165) is 0 Å². The Kier molecular flexibility index (Phi) is 6.67. The van der Waals surface area contributed by atoms with Crippen molar-refractivity contribution in [3.8, 4) is 11.5 Å². The van der Waals surface area contributed by atoms with E-state index >= 15 is 0 Å². The van der Waals surface area contributed by atoms with Crippen LogP contribution in [0.1, 0.15) is 22.8 Å². The number of amides is 2. The number of rotatable bonds is 8. The normalized spacial score (nSPS) is 10.8. The molecule has 0 atom stereocenters. The van der Waals surface area contributed by atoms with Crippen molar-refractivity contribution in [3.05, 3.63) is 77.9 Å². The topological polar surface area (TPSA) is 105 Å². The molecule has 2 amide bonds. The van der Waals surface area contributed by atoms with Crippen LogP contribution in [0.4, 0.5) is 25.1 Å². The number of ketones is 1. The zero-order valence-corrected chi connectivity index (χ0v) is 18.0. The third kappa shape index (κ3) is 5.47. The van der Waals surface area contributed by atoms with Gasteiger partial charge in [0.15, 0.2) is 11.6 Å². The lowest BCUT2D eigenvalue weighted by molar-refractivity contribution is -0.0508. The van der Waals surface area contributed by atoms with E-state index in [0.29, 0.717) is 33.5 Å². The maximum absolute atomic E-state index is 12.6. The van der Waals surface area contributed by atoms with Gasteiger partial charge in [0.25, 0.3) is 0 Å². The van der Waals surface area contributed by atoms with E-state index in [1.54, 1.807) is 60.7 Å². The summed E-state index contributed by atoms with van der Waals surface area (Å²) in [6.45, 7) is -1.47. The van der Waals surface area contributed by atoms with Gasteiger partial charge >= 0.3 is 12.6 Å². The van der Waals surface area contributed by atoms with E-state index in [2.05, 4.69) is 25.6 Å². The summed E-state index contributed by atoms with van der Waals surface area (Å²) in [5.74, 6) is 0.697. The number of carbonyl (C=O) groups excluding carboxylic acids is 2. The van der Waals surface area contributed by atoms with Crippen molar-refractivity contribution in [1.29, 1.82) is 0 Å². The Hall–Kier alpha value is -4.47. The number of H-pyrrole nitrogens is 1. The van der Waals surface area contributed by atoms with Crippen molar-refractivity contribution in [1.82, 2.24) is 10.2 Å². The molecular formula is C24H20F2N4O4. The number of hydrogen-bond acceptors (Lipinski definition) is 5. The lowest BCUT2D eigenvalue weighted by Gasteiger charge is -2.12. The van der Waals surface area contributed by atoms with E-state index in [-0.39, 0.29) is 24.0 Å². The fraction of sp³-hybridized carbons (Fsp3) is 0.125. The number of benzene rings is 3. The minimum Gasteiger partial charge on any atom is -0.489 e. The number of aromatic amines is 1. The molecule has 0 unspecified atom stereocenters. The number of carbonyl (C=O) groups is 2. The lowest BCUT2D eigenvalue weighted by atomic mass is 10.1. The van der Waals surface area contributed by atoms with Gasteiger partial charge in [-0.15, -0.1) is 0 Å². The number of aromatic nitrogens is 2. The molecule has 1 heterocycles. The molecule has 0 radical (unpaired) electrons. The summed E-state index contributed by atoms with van der Waals surface area (Å²) in [5, 5.41) is 12.9. The van der Waals surface area contributed by atoms with Gasteiger partial charge in [0.2, 0.25) is 0 Å². The van der Waals surface area contributed by atoms with E-state index in [1.165, 1.54) is 13.0 Å². The number of hydrogen-bond donors (Lipinski definition) is 3. The van der Waals surface area contributed by atoms with Crippen molar-refractivity contribution in [3.63, 3.8) is 0 Å². The maximum Gasteiger partial charge on any atom is 0.387 e. The number of alkyl halides is 2. The average molecular weight is 466 g/mol. The highest BCUT2D eigenvalue weighted by molar-refractivity contribution is 6.05. The molecule has 0 spiro atoms. The molecule has 1 aromatic heterocycles. The second-order valence-corrected chi connectivity index (χ2v) is 7.27. The molecule has 0 saturated heterocycles. The van der Waals surface area contributed by atoms with Crippen LogP contribution in [0.3, 0.4) is 0 Å². The quantitative estimate of drug-likeness (QED) is 0.294. The molecule has 0 fully saturated rings. The summed E-state index contributed by atoms with van der Waals surface area (Å²) in [6.07, 6.45) is 0. The second-order valence-electron chi connectivity index (χ2n) is 7.27. The monoisotopic (exact) mass is 466 g/mol. The minimum atomic E-state index is -2.93. The number of nitrogens with zero attached hydrogens (tertiary/aromatic N) is 1. The summed E-state index contributed by atoms with van der Waals surface area (Å²) < 4.78 is 35.5. The van der Waals surface area contributed by atoms with Crippen LogP contribution in [0.2, 0.25) is 0 Å². The molecule has 10 heteroatoms. The number of nitrogens with one attached hydrogen (secondary N) is 3. The third-order valence-electron chi connectivity index (χ3n) is 4.90. The van der Waals surface area contributed by atoms with E-state index in [9.17, 15) is 18.4 Å². The first-order chi connectivity index (χ1) is 16.4. The van der Waals surface area contributed by atoms with Crippen molar-refractivity contribution < 1.29 is 27.8 Å². The van der Waals surface area contributed by atoms with Crippen LogP contribution in [0.15, 0.2) is 66.7 Å². The molecule has 3 N–H and O–H groups in total. The summed E-state index contributed by atoms with van der Waals surface area (Å²) >= 11 is 0. The van der Waals surface area contributed by atoms with Crippen molar-refractivity contribution in [2.45, 2.75) is 20.1 Å². The van der Waals surface area contributed by atoms with Gasteiger partial charge in [-0.1, -0.05) is 18.2 Å². The van der Waals surface area contributed by atoms with Gasteiger partial charge in [-0.2, -0.15) is 13.9 Å². The number of Topliss-reactive ketones (excluding diaryl/α,β-unsaturated/α-hetero) is 1. The molecule has 0 saturated carbocycles. The van der Waals surface area contributed by atoms with Crippen molar-refractivity contribution in [2.24, 2.45) is 0 Å². The van der Waals surface area contributed by atoms with Gasteiger partial charge in [-0.3, -0.25) is 15.2 Å². The molecular weight excluding hydrogens is 446 g/mol. The highest BCUT2D eigenvalue weighted by Gasteiger charge is 2.13. The first-order valence-corrected chi connectivity index (χ1v) is 10.2. The van der Waals surface area contributed by atoms with Crippen LogP contribution >= 0.6 is 0 Å². The summed E-state index contributed by atoms with van der Waals surface area (Å²) in [5.41, 5.74) is 2.18. The summed E-state index contributed by atoms with van der Waals surface area (Å²) in [4.78, 5) is 23.8. The molecule has 4 aromatic rings. The Morgan fingerprint density at radius 2 is 1.79 bits per heavy atom. The standard InChI is InChI=1S/C24H20F2N4O4/c1-14(31)15-6-8-17(9-7-15)27-24(32)28-22-19-12-18(10-11-20(19)29-30-22)33-13-16-4-2-3-5-21(16)34-23(25)26/h2-12,23H,13H2,1H3,(H3,27,28,29,30,32). The van der Waals surface area contributed by atoms with Crippen LogP contribution in [-0.4, -0.2) is 28.6 Å². The number of fused-ring (bicyclic) bond motifs is 1. The Balaban J connectivity index is 1.44. The molecule has 4 rings (SSSR count). The molecule has 174 valence electrons. The molecule has 0 bridgehead atoms. The lowest BCUT2D eigenvalue weighted by Crippen LogP contribution is -2.19. The third-order valence-corrected chi connectivity index (χ3v) is 4.90. The SMILES string of the molecule is CC(=O)c1ccc(NC(=O)Nc2n[nH]c3ccc(OCc4ccccc4OC(F)F)cc23)cc1. The van der Waals surface area contributed by atoms with Gasteiger partial charge in [0.1, 0.15) is 18.1 Å². The maximum atomic E-state index is 12.6. The predicted octanol–water partition coefficient (Wildman–Crippen LogP) is 5.59. The van der Waals surface area contributed by atoms with Gasteiger partial charge in [-0.05, 0) is 55.5 Å². The van der Waals surface area contributed by atoms with E-state index in [1.807, 2.05) is 0 Å². The number of para-hydroxylation sites is 1. The molecule has 0 aliphatic heterocycles. The fourth-order valence-corrected chi connectivity index (χ4v) is 3.23. The molecule has 0 aliphatic rings. The number of urea groups is 1. The molecule has 34 heavy (non-hydrogen) atoms. The van der Waals surface area contributed by atoms with Crippen LogP contribution in [-0.2, 0) is 6.61 Å². The number of ether oxygens (including phenoxy) is 2.